The van der Waals surface area contributed by atoms with Crippen LogP contribution in [0.2, 0.25) is 0 Å². The van der Waals surface area contributed by atoms with E-state index in [1.165, 1.54) is 51.4 Å². The molecule has 2 N–H and O–H groups in total. The van der Waals surface area contributed by atoms with E-state index in [9.17, 15) is 4.79 Å². The topological polar surface area (TPSA) is 57.5 Å². The Bertz CT molecular complexity index is 186. The van der Waals surface area contributed by atoms with E-state index in [-0.39, 0.29) is 45.5 Å². The van der Waals surface area contributed by atoms with Gasteiger partial charge in [-0.25, -0.2) is 4.79 Å². The Morgan fingerprint density at radius 3 is 1.67 bits per heavy atom. The summed E-state index contributed by atoms with van der Waals surface area (Å²) in [5.74, 6) is -1.10. The predicted octanol–water partition coefficient (Wildman–Crippen LogP) is 2.83. The Hall–Kier alpha value is 0.911. The number of aliphatic carboxylic acids is 1. The van der Waals surface area contributed by atoms with Gasteiger partial charge < -0.3 is 10.2 Å². The molecule has 0 aliphatic carbocycles. The molecule has 0 fully saturated rings. The third-order valence-corrected chi connectivity index (χ3v) is 3.12. The van der Waals surface area contributed by atoms with Gasteiger partial charge in [0, 0.05) is 0 Å². The van der Waals surface area contributed by atoms with Crippen LogP contribution in [0.4, 0.5) is 0 Å². The molecule has 0 aliphatic rings. The summed E-state index contributed by atoms with van der Waals surface area (Å²) in [6.45, 7) is 2.23. The second-order valence-electron chi connectivity index (χ2n) is 4.82. The van der Waals surface area contributed by atoms with Gasteiger partial charge in [-0.1, -0.05) is 71.1 Å². The quantitative estimate of drug-likeness (QED) is 0.426. The first-order valence-corrected chi connectivity index (χ1v) is 7.09. The van der Waals surface area contributed by atoms with Gasteiger partial charge in [-0.15, -0.1) is 0 Å². The number of aliphatic hydroxyl groups is 1. The number of hydrogen-bond acceptors (Lipinski definition) is 2. The molecule has 0 bridgehead atoms. The fourth-order valence-corrected chi connectivity index (χ4v) is 1.95. The molecule has 4 heteroatoms. The van der Waals surface area contributed by atoms with Crippen LogP contribution in [0.15, 0.2) is 0 Å². The Kier molecular flexibility index (Phi) is 18.8. The first-order chi connectivity index (χ1) is 8.18. The number of unbranched alkanes of at least 4 members (excludes halogenated alkanes) is 9. The van der Waals surface area contributed by atoms with Crippen LogP contribution >= 0.6 is 0 Å². The van der Waals surface area contributed by atoms with Gasteiger partial charge in [0.1, 0.15) is 0 Å². The van der Waals surface area contributed by atoms with Crippen LogP contribution in [0.1, 0.15) is 77.6 Å². The van der Waals surface area contributed by atoms with Crippen molar-refractivity contribution >= 4 is 51.5 Å². The van der Waals surface area contributed by atoms with E-state index in [0.717, 1.165) is 12.8 Å². The van der Waals surface area contributed by atoms with Crippen molar-refractivity contribution in [1.82, 2.24) is 0 Å². The maximum absolute atomic E-state index is 10.3. The van der Waals surface area contributed by atoms with Crippen molar-refractivity contribution in [3.05, 3.63) is 0 Å². The number of carboxylic acid groups (broad SMARTS) is 1. The molecule has 0 heterocycles. The van der Waals surface area contributed by atoms with E-state index < -0.39 is 12.1 Å². The third kappa shape index (κ3) is 15.0. The average molecular weight is 334 g/mol. The number of hydrogen-bond donors (Lipinski definition) is 2. The van der Waals surface area contributed by atoms with Gasteiger partial charge in [-0.05, 0) is 6.42 Å². The first kappa shape index (κ1) is 21.2. The van der Waals surface area contributed by atoms with Gasteiger partial charge in [0.25, 0.3) is 0 Å². The summed E-state index contributed by atoms with van der Waals surface area (Å²) >= 11 is 0. The molecule has 0 aromatic heterocycles. The van der Waals surface area contributed by atoms with Crippen molar-refractivity contribution in [3.63, 3.8) is 0 Å². The molecule has 18 heavy (non-hydrogen) atoms. The van der Waals surface area contributed by atoms with E-state index in [4.69, 9.17) is 10.2 Å². The molecule has 106 valence electrons. The molecule has 0 aromatic carbocycles. The van der Waals surface area contributed by atoms with E-state index in [1.54, 1.807) is 0 Å². The van der Waals surface area contributed by atoms with Gasteiger partial charge >= 0.3 is 51.5 Å². The zero-order valence-corrected chi connectivity index (χ0v) is 11.2. The SMILES string of the molecule is CCCCCCCCCCCCC(O)C(=O)O.[SrH2]. The number of carbonyl (C=O) groups is 1. The summed E-state index contributed by atoms with van der Waals surface area (Å²) in [5, 5.41) is 17.5. The van der Waals surface area contributed by atoms with Gasteiger partial charge in [0.2, 0.25) is 0 Å². The van der Waals surface area contributed by atoms with Crippen LogP contribution < -0.4 is 0 Å². The Balaban J connectivity index is 0. The van der Waals surface area contributed by atoms with Crippen molar-refractivity contribution < 1.29 is 15.0 Å². The van der Waals surface area contributed by atoms with Crippen molar-refractivity contribution in [3.8, 4) is 0 Å². The molecular formula is C14H30O3Sr. The van der Waals surface area contributed by atoms with E-state index >= 15 is 0 Å². The van der Waals surface area contributed by atoms with Crippen molar-refractivity contribution in [2.24, 2.45) is 0 Å². The van der Waals surface area contributed by atoms with Gasteiger partial charge in [0.15, 0.2) is 6.10 Å². The van der Waals surface area contributed by atoms with Crippen molar-refractivity contribution in [2.45, 2.75) is 83.7 Å². The minimum absolute atomic E-state index is 0. The summed E-state index contributed by atoms with van der Waals surface area (Å²) in [7, 11) is 0. The second-order valence-corrected chi connectivity index (χ2v) is 4.82. The van der Waals surface area contributed by atoms with Crippen molar-refractivity contribution in [1.29, 1.82) is 0 Å². The molecular weight excluding hydrogens is 304 g/mol. The average Bonchev–Trinajstić information content (AvgIpc) is 2.31. The maximum atomic E-state index is 10.3. The second kappa shape index (κ2) is 16.0. The zero-order valence-electron chi connectivity index (χ0n) is 11.2. The fourth-order valence-electron chi connectivity index (χ4n) is 1.95. The number of carboxylic acids is 1. The molecule has 0 saturated carbocycles. The summed E-state index contributed by atoms with van der Waals surface area (Å²) in [6, 6.07) is 0. The van der Waals surface area contributed by atoms with Crippen LogP contribution in [-0.4, -0.2) is 67.8 Å². The number of rotatable bonds is 12. The molecule has 0 radical (unpaired) electrons. The van der Waals surface area contributed by atoms with Crippen LogP contribution in [0, 0.1) is 0 Å². The van der Waals surface area contributed by atoms with Gasteiger partial charge in [0.05, 0.1) is 0 Å². The minimum atomic E-state index is -1.16. The van der Waals surface area contributed by atoms with Crippen LogP contribution in [0.25, 0.3) is 0 Å². The Morgan fingerprint density at radius 1 is 0.889 bits per heavy atom. The molecule has 0 amide bonds. The van der Waals surface area contributed by atoms with Crippen LogP contribution in [0.3, 0.4) is 0 Å². The summed E-state index contributed by atoms with van der Waals surface area (Å²) in [6.07, 6.45) is 11.5. The third-order valence-electron chi connectivity index (χ3n) is 3.12. The van der Waals surface area contributed by atoms with Gasteiger partial charge in [-0.2, -0.15) is 0 Å². The van der Waals surface area contributed by atoms with Crippen molar-refractivity contribution in [2.75, 3.05) is 0 Å². The molecule has 0 aromatic rings. The molecule has 0 rings (SSSR count). The summed E-state index contributed by atoms with van der Waals surface area (Å²) in [5.41, 5.74) is 0. The fraction of sp³-hybridized carbons (Fsp3) is 0.929. The standard InChI is InChI=1S/C14H28O3.Sr.2H/c1-2-3-4-5-6-7-8-9-10-11-12-13(15)14(16)17;;;/h13,15H,2-12H2,1H3,(H,16,17);;;. The predicted molar refractivity (Wildman–Crippen MR) is 78.6 cm³/mol. The van der Waals surface area contributed by atoms with E-state index in [0.29, 0.717) is 6.42 Å². The number of aliphatic hydroxyl groups excluding tert-OH is 1. The first-order valence-electron chi connectivity index (χ1n) is 7.09. The van der Waals surface area contributed by atoms with E-state index in [2.05, 4.69) is 6.92 Å². The monoisotopic (exact) mass is 334 g/mol. The molecule has 0 saturated heterocycles. The van der Waals surface area contributed by atoms with E-state index in [1.807, 2.05) is 0 Å². The van der Waals surface area contributed by atoms with Gasteiger partial charge in [-0.3, -0.25) is 0 Å². The van der Waals surface area contributed by atoms with Crippen LogP contribution in [-0.2, 0) is 4.79 Å². The Morgan fingerprint density at radius 2 is 1.28 bits per heavy atom. The zero-order chi connectivity index (χ0) is 12.9. The Labute approximate surface area is 149 Å². The molecule has 1 atom stereocenters. The molecule has 0 spiro atoms. The normalized spacial score (nSPS) is 11.9. The summed E-state index contributed by atoms with van der Waals surface area (Å²) < 4.78 is 0. The molecule has 1 unspecified atom stereocenters. The van der Waals surface area contributed by atoms with Crippen LogP contribution in [0.5, 0.6) is 0 Å². The molecule has 0 aliphatic heterocycles. The summed E-state index contributed by atoms with van der Waals surface area (Å²) in [4.78, 5) is 10.3. The molecule has 3 nitrogen and oxygen atoms in total.